The molecule has 4 heteroatoms. The van der Waals surface area contributed by atoms with Crippen molar-refractivity contribution in [2.75, 3.05) is 6.54 Å². The van der Waals surface area contributed by atoms with Gasteiger partial charge in [-0.2, -0.15) is 11.3 Å². The Labute approximate surface area is 114 Å². The van der Waals surface area contributed by atoms with E-state index in [2.05, 4.69) is 38.8 Å². The topological polar surface area (TPSA) is 35.2 Å². The van der Waals surface area contributed by atoms with Crippen LogP contribution in [0.15, 0.2) is 39.5 Å². The first-order chi connectivity index (χ1) is 8.29. The molecule has 90 valence electrons. The molecule has 0 bridgehead atoms. The largest absolute Gasteiger partial charge is 0.489 e. The summed E-state index contributed by atoms with van der Waals surface area (Å²) in [4.78, 5) is 0. The summed E-state index contributed by atoms with van der Waals surface area (Å²) in [7, 11) is 0. The average molecular weight is 312 g/mol. The number of rotatable bonds is 5. The molecule has 0 aliphatic heterocycles. The van der Waals surface area contributed by atoms with Crippen molar-refractivity contribution in [2.45, 2.75) is 13.0 Å². The molecule has 2 rings (SSSR count). The fraction of sp³-hybridized carbons (Fsp3) is 0.231. The Morgan fingerprint density at radius 3 is 2.88 bits per heavy atom. The van der Waals surface area contributed by atoms with Gasteiger partial charge in [0.05, 0.1) is 0 Å². The minimum absolute atomic E-state index is 0.614. The molecule has 0 aliphatic carbocycles. The van der Waals surface area contributed by atoms with Crippen molar-refractivity contribution >= 4 is 27.3 Å². The van der Waals surface area contributed by atoms with Crippen LogP contribution in [0.25, 0.3) is 0 Å². The summed E-state index contributed by atoms with van der Waals surface area (Å²) in [5.74, 6) is 0.921. The fourth-order valence-corrected chi connectivity index (χ4v) is 2.64. The monoisotopic (exact) mass is 311 g/mol. The van der Waals surface area contributed by atoms with Gasteiger partial charge in [0.15, 0.2) is 0 Å². The number of nitrogens with two attached hydrogens (primary N) is 1. The van der Waals surface area contributed by atoms with E-state index in [0.717, 1.165) is 22.2 Å². The van der Waals surface area contributed by atoms with Crippen LogP contribution in [0.5, 0.6) is 5.75 Å². The zero-order valence-corrected chi connectivity index (χ0v) is 11.8. The standard InChI is InChI=1S/C13H14BrNOS/c14-12-1-2-13(11(7-12)3-5-15)16-8-10-4-6-17-9-10/h1-2,4,6-7,9H,3,5,8,15H2. The van der Waals surface area contributed by atoms with E-state index in [1.54, 1.807) is 11.3 Å². The van der Waals surface area contributed by atoms with Crippen LogP contribution in [-0.4, -0.2) is 6.54 Å². The molecule has 0 saturated heterocycles. The molecule has 0 atom stereocenters. The molecule has 2 N–H and O–H groups in total. The quantitative estimate of drug-likeness (QED) is 0.916. The molecule has 0 radical (unpaired) electrons. The first-order valence-corrected chi connectivity index (χ1v) is 7.15. The van der Waals surface area contributed by atoms with Gasteiger partial charge in [0.25, 0.3) is 0 Å². The van der Waals surface area contributed by atoms with Crippen molar-refractivity contribution < 1.29 is 4.74 Å². The van der Waals surface area contributed by atoms with Crippen LogP contribution in [0, 0.1) is 0 Å². The second kappa shape index (κ2) is 6.19. The van der Waals surface area contributed by atoms with Crippen molar-refractivity contribution in [1.29, 1.82) is 0 Å². The maximum Gasteiger partial charge on any atom is 0.123 e. The highest BCUT2D eigenvalue weighted by Gasteiger charge is 2.04. The number of ether oxygens (including phenoxy) is 1. The van der Waals surface area contributed by atoms with Gasteiger partial charge in [0.1, 0.15) is 12.4 Å². The van der Waals surface area contributed by atoms with Gasteiger partial charge < -0.3 is 10.5 Å². The van der Waals surface area contributed by atoms with Crippen molar-refractivity contribution in [3.05, 3.63) is 50.6 Å². The van der Waals surface area contributed by atoms with Gasteiger partial charge in [-0.1, -0.05) is 15.9 Å². The lowest BCUT2D eigenvalue weighted by atomic mass is 10.1. The van der Waals surface area contributed by atoms with Crippen LogP contribution in [-0.2, 0) is 13.0 Å². The molecule has 2 aromatic rings. The number of hydrogen-bond acceptors (Lipinski definition) is 3. The maximum atomic E-state index is 5.82. The molecule has 2 nitrogen and oxygen atoms in total. The van der Waals surface area contributed by atoms with Gasteiger partial charge in [-0.25, -0.2) is 0 Å². The molecule has 0 spiro atoms. The highest BCUT2D eigenvalue weighted by Crippen LogP contribution is 2.24. The van der Waals surface area contributed by atoms with E-state index >= 15 is 0 Å². The molecular formula is C13H14BrNOS. The minimum atomic E-state index is 0.614. The summed E-state index contributed by atoms with van der Waals surface area (Å²) in [5.41, 5.74) is 7.96. The van der Waals surface area contributed by atoms with Gasteiger partial charge in [-0.15, -0.1) is 0 Å². The summed E-state index contributed by atoms with van der Waals surface area (Å²) in [6.45, 7) is 1.24. The molecule has 1 aromatic heterocycles. The lowest BCUT2D eigenvalue weighted by Crippen LogP contribution is -2.05. The SMILES string of the molecule is NCCc1cc(Br)ccc1OCc1ccsc1. The summed E-state index contributed by atoms with van der Waals surface area (Å²) in [5, 5.41) is 4.16. The summed E-state index contributed by atoms with van der Waals surface area (Å²) in [6, 6.07) is 8.12. The van der Waals surface area contributed by atoms with E-state index in [9.17, 15) is 0 Å². The van der Waals surface area contributed by atoms with Crippen LogP contribution >= 0.6 is 27.3 Å². The van der Waals surface area contributed by atoms with E-state index in [-0.39, 0.29) is 0 Å². The predicted molar refractivity (Wildman–Crippen MR) is 75.6 cm³/mol. The fourth-order valence-electron chi connectivity index (χ4n) is 1.58. The van der Waals surface area contributed by atoms with Crippen molar-refractivity contribution in [2.24, 2.45) is 5.73 Å². The second-order valence-corrected chi connectivity index (χ2v) is 5.41. The number of halogens is 1. The van der Waals surface area contributed by atoms with Crippen LogP contribution in [0.2, 0.25) is 0 Å². The molecule has 0 fully saturated rings. The van der Waals surface area contributed by atoms with E-state index in [4.69, 9.17) is 10.5 Å². The zero-order chi connectivity index (χ0) is 12.1. The van der Waals surface area contributed by atoms with Crippen molar-refractivity contribution in [1.82, 2.24) is 0 Å². The zero-order valence-electron chi connectivity index (χ0n) is 9.36. The summed E-state index contributed by atoms with van der Waals surface area (Å²) in [6.07, 6.45) is 0.832. The van der Waals surface area contributed by atoms with Gasteiger partial charge >= 0.3 is 0 Å². The van der Waals surface area contributed by atoms with Crippen LogP contribution in [0.3, 0.4) is 0 Å². The molecule has 1 heterocycles. The second-order valence-electron chi connectivity index (χ2n) is 3.71. The average Bonchev–Trinajstić information content (AvgIpc) is 2.81. The van der Waals surface area contributed by atoms with Crippen LogP contribution < -0.4 is 10.5 Å². The van der Waals surface area contributed by atoms with Gasteiger partial charge in [0, 0.05) is 4.47 Å². The summed E-state index contributed by atoms with van der Waals surface area (Å²) >= 11 is 5.15. The summed E-state index contributed by atoms with van der Waals surface area (Å²) < 4.78 is 6.88. The first kappa shape index (κ1) is 12.6. The smallest absolute Gasteiger partial charge is 0.123 e. The van der Waals surface area contributed by atoms with E-state index in [0.29, 0.717) is 13.2 Å². The molecule has 1 aromatic carbocycles. The van der Waals surface area contributed by atoms with Crippen molar-refractivity contribution in [3.63, 3.8) is 0 Å². The van der Waals surface area contributed by atoms with Gasteiger partial charge in [0.2, 0.25) is 0 Å². The lowest BCUT2D eigenvalue weighted by Gasteiger charge is -2.10. The van der Waals surface area contributed by atoms with Gasteiger partial charge in [-0.3, -0.25) is 0 Å². The first-order valence-electron chi connectivity index (χ1n) is 5.42. The Morgan fingerprint density at radius 2 is 2.18 bits per heavy atom. The third-order valence-electron chi connectivity index (χ3n) is 2.41. The Morgan fingerprint density at radius 1 is 1.29 bits per heavy atom. The number of hydrogen-bond donors (Lipinski definition) is 1. The van der Waals surface area contributed by atoms with Gasteiger partial charge in [-0.05, 0) is 59.1 Å². The molecule has 0 aliphatic rings. The number of thiophene rings is 1. The molecule has 17 heavy (non-hydrogen) atoms. The van der Waals surface area contributed by atoms with Crippen molar-refractivity contribution in [3.8, 4) is 5.75 Å². The maximum absolute atomic E-state index is 5.82. The normalized spacial score (nSPS) is 10.5. The minimum Gasteiger partial charge on any atom is -0.489 e. The highest BCUT2D eigenvalue weighted by molar-refractivity contribution is 9.10. The van der Waals surface area contributed by atoms with Crippen LogP contribution in [0.4, 0.5) is 0 Å². The van der Waals surface area contributed by atoms with E-state index < -0.39 is 0 Å². The Balaban J connectivity index is 2.08. The lowest BCUT2D eigenvalue weighted by molar-refractivity contribution is 0.303. The predicted octanol–water partition coefficient (Wildman–Crippen LogP) is 3.59. The third kappa shape index (κ3) is 3.56. The Bertz CT molecular complexity index is 470. The molecule has 0 saturated carbocycles. The molecule has 0 unspecified atom stereocenters. The highest BCUT2D eigenvalue weighted by atomic mass is 79.9. The number of benzene rings is 1. The van der Waals surface area contributed by atoms with Crippen LogP contribution in [0.1, 0.15) is 11.1 Å². The molecule has 0 amide bonds. The third-order valence-corrected chi connectivity index (χ3v) is 3.64. The van der Waals surface area contributed by atoms with E-state index in [1.807, 2.05) is 12.1 Å². The Kier molecular flexibility index (Phi) is 4.59. The van der Waals surface area contributed by atoms with E-state index in [1.165, 1.54) is 5.56 Å². The molecular weight excluding hydrogens is 298 g/mol. The Hall–Kier alpha value is -0.840.